The number of hydrogen-bond acceptors (Lipinski definition) is 7. The third-order valence-electron chi connectivity index (χ3n) is 2.54. The number of nitroso groups, excluding NO2 is 1. The highest BCUT2D eigenvalue weighted by Gasteiger charge is 2.26. The van der Waals surface area contributed by atoms with Gasteiger partial charge >= 0.3 is 0 Å². The minimum Gasteiger partial charge on any atom is -0.497 e. The van der Waals surface area contributed by atoms with Gasteiger partial charge in [-0.3, -0.25) is 0 Å². The van der Waals surface area contributed by atoms with Crippen molar-refractivity contribution in [2.45, 2.75) is 33.2 Å². The van der Waals surface area contributed by atoms with Crippen LogP contribution in [-0.4, -0.2) is 17.3 Å². The molecule has 1 aromatic heterocycles. The quantitative estimate of drug-likeness (QED) is 0.468. The molecule has 114 valence electrons. The average Bonchev–Trinajstić information content (AvgIpc) is 2.92. The molecule has 0 fully saturated rings. The number of hydrogen-bond donors (Lipinski definition) is 1. The summed E-state index contributed by atoms with van der Waals surface area (Å²) in [5, 5.41) is 15.4. The summed E-state index contributed by atoms with van der Waals surface area (Å²) in [7, 11) is 1.62. The molecule has 7 heteroatoms. The molecule has 0 bridgehead atoms. The molecule has 0 saturated heterocycles. The van der Waals surface area contributed by atoms with Crippen molar-refractivity contribution in [2.75, 3.05) is 12.4 Å². The summed E-state index contributed by atoms with van der Waals surface area (Å²) in [5.74, 6) is 0.753. The Labute approximate surface area is 128 Å². The van der Waals surface area contributed by atoms with Gasteiger partial charge in [0.2, 0.25) is 5.13 Å². The molecule has 0 aliphatic heterocycles. The van der Waals surface area contributed by atoms with Crippen LogP contribution in [0.25, 0.3) is 0 Å². The average molecular weight is 308 g/mol. The van der Waals surface area contributed by atoms with E-state index in [4.69, 9.17) is 4.74 Å². The third kappa shape index (κ3) is 5.11. The van der Waals surface area contributed by atoms with E-state index in [-0.39, 0.29) is 0 Å². The molecule has 0 unspecified atom stereocenters. The fraction of sp³-hybridized carbons (Fsp3) is 0.429. The minimum atomic E-state index is -0.857. The van der Waals surface area contributed by atoms with Crippen LogP contribution in [0.5, 0.6) is 0 Å². The molecule has 0 spiro atoms. The largest absolute Gasteiger partial charge is 0.497 e. The molecule has 0 amide bonds. The van der Waals surface area contributed by atoms with Crippen molar-refractivity contribution in [1.29, 1.82) is 0 Å². The predicted molar refractivity (Wildman–Crippen MR) is 86.0 cm³/mol. The molecule has 1 heterocycles. The normalized spacial score (nSPS) is 13.6. The van der Waals surface area contributed by atoms with Crippen LogP contribution in [0.3, 0.4) is 0 Å². The van der Waals surface area contributed by atoms with Crippen molar-refractivity contribution < 1.29 is 4.74 Å². The van der Waals surface area contributed by atoms with E-state index in [1.165, 1.54) is 11.3 Å². The Kier molecular flexibility index (Phi) is 6.23. The number of anilines is 1. The van der Waals surface area contributed by atoms with Gasteiger partial charge in [0, 0.05) is 5.70 Å². The van der Waals surface area contributed by atoms with Crippen LogP contribution in [0.1, 0.15) is 32.7 Å². The van der Waals surface area contributed by atoms with Gasteiger partial charge in [0.05, 0.1) is 7.11 Å². The summed E-state index contributed by atoms with van der Waals surface area (Å²) in [6.45, 7) is 7.24. The monoisotopic (exact) mass is 308 g/mol. The summed E-state index contributed by atoms with van der Waals surface area (Å²) in [4.78, 5) is 10.8. The van der Waals surface area contributed by atoms with Gasteiger partial charge in [0.1, 0.15) is 10.8 Å². The smallest absolute Gasteiger partial charge is 0.209 e. The van der Waals surface area contributed by atoms with E-state index in [2.05, 4.69) is 20.7 Å². The molecule has 1 N–H and O–H groups in total. The van der Waals surface area contributed by atoms with Crippen molar-refractivity contribution in [3.8, 4) is 0 Å². The number of rotatable bonds is 7. The zero-order valence-electron chi connectivity index (χ0n) is 12.9. The summed E-state index contributed by atoms with van der Waals surface area (Å²) < 4.78 is 5.18. The molecule has 1 rings (SSSR count). The van der Waals surface area contributed by atoms with Crippen LogP contribution in [0, 0.1) is 4.91 Å². The number of aromatic nitrogens is 2. The van der Waals surface area contributed by atoms with E-state index < -0.39 is 5.54 Å². The Morgan fingerprint density at radius 1 is 1.38 bits per heavy atom. The van der Waals surface area contributed by atoms with Gasteiger partial charge in [-0.25, -0.2) is 0 Å². The maximum atomic E-state index is 10.8. The Morgan fingerprint density at radius 3 is 2.67 bits per heavy atom. The van der Waals surface area contributed by atoms with Crippen molar-refractivity contribution >= 4 is 16.5 Å². The first-order valence-electron chi connectivity index (χ1n) is 6.43. The number of nitrogens with zero attached hydrogens (tertiary/aromatic N) is 3. The van der Waals surface area contributed by atoms with Gasteiger partial charge in [0.15, 0.2) is 5.54 Å². The molecule has 0 aliphatic carbocycles. The molecule has 0 atom stereocenters. The summed E-state index contributed by atoms with van der Waals surface area (Å²) >= 11 is 1.31. The Morgan fingerprint density at radius 2 is 2.10 bits per heavy atom. The Balaban J connectivity index is 2.80. The molecule has 6 nitrogen and oxygen atoms in total. The molecule has 0 aromatic carbocycles. The lowest BCUT2D eigenvalue weighted by atomic mass is 10.1. The Bertz CT molecular complexity index is 573. The molecule has 0 radical (unpaired) electrons. The van der Waals surface area contributed by atoms with Crippen LogP contribution in [-0.2, 0) is 10.3 Å². The summed E-state index contributed by atoms with van der Waals surface area (Å²) in [6, 6.07) is 0. The lowest BCUT2D eigenvalue weighted by Crippen LogP contribution is -2.11. The minimum absolute atomic E-state index is 0.579. The van der Waals surface area contributed by atoms with E-state index in [0.29, 0.717) is 10.1 Å². The van der Waals surface area contributed by atoms with Gasteiger partial charge in [0.25, 0.3) is 0 Å². The van der Waals surface area contributed by atoms with Crippen LogP contribution in [0.4, 0.5) is 5.13 Å². The second-order valence-electron chi connectivity index (χ2n) is 4.81. The first-order valence-corrected chi connectivity index (χ1v) is 7.25. The maximum Gasteiger partial charge on any atom is 0.209 e. The standard InChI is InChI=1S/C14H20N4O2S/c1-6-7-11(20-5)9-8-10(2)15-13-17-16-12(21-13)14(3,4)18-19/h6-9H,1-5H3,(H,15,17)/b7-6-,10-8+,11-9+. The third-order valence-corrected chi connectivity index (χ3v) is 3.70. The zero-order valence-corrected chi connectivity index (χ0v) is 13.7. The first-order chi connectivity index (χ1) is 9.92. The van der Waals surface area contributed by atoms with Crippen LogP contribution in [0.2, 0.25) is 0 Å². The molecule has 1 aromatic rings. The van der Waals surface area contributed by atoms with Crippen LogP contribution in [0.15, 0.2) is 40.9 Å². The second-order valence-corrected chi connectivity index (χ2v) is 5.79. The van der Waals surface area contributed by atoms with E-state index in [0.717, 1.165) is 11.5 Å². The van der Waals surface area contributed by atoms with Gasteiger partial charge in [-0.2, -0.15) is 0 Å². The molecule has 0 saturated carbocycles. The number of ether oxygens (including phenoxy) is 1. The first kappa shape index (κ1) is 17.0. The maximum absolute atomic E-state index is 10.8. The van der Waals surface area contributed by atoms with E-state index in [9.17, 15) is 4.91 Å². The van der Waals surface area contributed by atoms with E-state index in [1.54, 1.807) is 21.0 Å². The SMILES string of the molecule is C\C=C/C(=C\C=C(/C)Nc1nnc(C(C)(C)N=O)s1)OC. The summed E-state index contributed by atoms with van der Waals surface area (Å²) in [6.07, 6.45) is 7.49. The fourth-order valence-electron chi connectivity index (χ4n) is 1.33. The fourth-order valence-corrected chi connectivity index (χ4v) is 2.18. The Hall–Kier alpha value is -2.02. The van der Waals surface area contributed by atoms with E-state index in [1.807, 2.05) is 38.2 Å². The zero-order chi connectivity index (χ0) is 15.9. The number of methoxy groups -OCH3 is 1. The summed E-state index contributed by atoms with van der Waals surface area (Å²) in [5.41, 5.74) is 0.0261. The van der Waals surface area contributed by atoms with E-state index >= 15 is 0 Å². The van der Waals surface area contributed by atoms with Gasteiger partial charge in [-0.05, 0) is 45.9 Å². The molecule has 21 heavy (non-hydrogen) atoms. The topological polar surface area (TPSA) is 76.5 Å². The predicted octanol–water partition coefficient (Wildman–Crippen LogP) is 3.96. The van der Waals surface area contributed by atoms with Crippen molar-refractivity contribution in [2.24, 2.45) is 5.18 Å². The van der Waals surface area contributed by atoms with Crippen molar-refractivity contribution in [3.05, 3.63) is 45.7 Å². The lowest BCUT2D eigenvalue weighted by molar-refractivity contribution is 0.307. The highest BCUT2D eigenvalue weighted by molar-refractivity contribution is 7.15. The van der Waals surface area contributed by atoms with Crippen molar-refractivity contribution in [3.63, 3.8) is 0 Å². The second kappa shape index (κ2) is 7.68. The van der Waals surface area contributed by atoms with Gasteiger partial charge in [-0.15, -0.1) is 15.1 Å². The highest BCUT2D eigenvalue weighted by atomic mass is 32.1. The number of allylic oxidation sites excluding steroid dienone is 5. The lowest BCUT2D eigenvalue weighted by Gasteiger charge is -2.08. The van der Waals surface area contributed by atoms with Gasteiger partial charge < -0.3 is 10.1 Å². The van der Waals surface area contributed by atoms with Crippen molar-refractivity contribution in [1.82, 2.24) is 10.2 Å². The number of nitrogens with one attached hydrogen (secondary N) is 1. The molecule has 0 aliphatic rings. The van der Waals surface area contributed by atoms with Gasteiger partial charge in [-0.1, -0.05) is 22.6 Å². The highest BCUT2D eigenvalue weighted by Crippen LogP contribution is 2.29. The molecular formula is C14H20N4O2S. The molecular weight excluding hydrogens is 288 g/mol. The van der Waals surface area contributed by atoms with Crippen LogP contribution >= 0.6 is 11.3 Å². The van der Waals surface area contributed by atoms with Crippen LogP contribution < -0.4 is 5.32 Å².